The average molecular weight is 579 g/mol. The summed E-state index contributed by atoms with van der Waals surface area (Å²) in [4.78, 5) is 37.1. The van der Waals surface area contributed by atoms with Crippen molar-refractivity contribution in [1.82, 2.24) is 9.29 Å². The monoisotopic (exact) mass is 578 g/mol. The van der Waals surface area contributed by atoms with Crippen molar-refractivity contribution < 1.29 is 27.1 Å². The number of carbonyl (C=O) groups excluding carboxylic acids is 2. The summed E-state index contributed by atoms with van der Waals surface area (Å²) in [6.45, 7) is 0.951. The van der Waals surface area contributed by atoms with E-state index in [1.807, 2.05) is 4.72 Å². The van der Waals surface area contributed by atoms with Crippen LogP contribution in [0.4, 0.5) is 20.6 Å². The van der Waals surface area contributed by atoms with Gasteiger partial charge in [0.1, 0.15) is 16.6 Å². The van der Waals surface area contributed by atoms with Crippen molar-refractivity contribution in [3.63, 3.8) is 0 Å². The van der Waals surface area contributed by atoms with Crippen molar-refractivity contribution in [1.29, 1.82) is 0 Å². The van der Waals surface area contributed by atoms with Crippen LogP contribution >= 0.6 is 22.9 Å². The zero-order chi connectivity index (χ0) is 27.6. The van der Waals surface area contributed by atoms with Gasteiger partial charge in [-0.25, -0.2) is 22.3 Å². The molecule has 0 radical (unpaired) electrons. The highest BCUT2D eigenvalue weighted by atomic mass is 35.5. The molecule has 0 fully saturated rings. The first-order chi connectivity index (χ1) is 18.0. The molecule has 2 aromatic carbocycles. The molecule has 0 saturated heterocycles. The Kier molecular flexibility index (Phi) is 7.71. The summed E-state index contributed by atoms with van der Waals surface area (Å²) in [5.41, 5.74) is 0.504. The van der Waals surface area contributed by atoms with E-state index in [1.165, 1.54) is 54.1 Å². The topological polar surface area (TPSA) is 136 Å². The zero-order valence-corrected chi connectivity index (χ0v) is 22.3. The summed E-state index contributed by atoms with van der Waals surface area (Å²) in [5, 5.41) is 5.77. The van der Waals surface area contributed by atoms with Crippen LogP contribution in [0, 0.1) is 5.82 Å². The molecule has 0 aliphatic heterocycles. The molecule has 2 heterocycles. The second-order valence-corrected chi connectivity index (χ2v) is 11.5. The molecular formula is C24H20ClFN4O6S2. The molecule has 10 nitrogen and oxygen atoms in total. The third kappa shape index (κ3) is 5.79. The molecule has 0 saturated carbocycles. The number of hydrogen-bond donors (Lipinski definition) is 3. The first-order valence-corrected chi connectivity index (χ1v) is 13.5. The predicted molar refractivity (Wildman–Crippen MR) is 143 cm³/mol. The van der Waals surface area contributed by atoms with Gasteiger partial charge in [-0.3, -0.25) is 14.2 Å². The minimum Gasteiger partial charge on any atom is -0.461 e. The Hall–Kier alpha value is -3.94. The number of anilines is 2. The molecule has 198 valence electrons. The van der Waals surface area contributed by atoms with E-state index < -0.39 is 33.4 Å². The van der Waals surface area contributed by atoms with Crippen molar-refractivity contribution in [2.24, 2.45) is 0 Å². The van der Waals surface area contributed by atoms with E-state index in [2.05, 4.69) is 10.6 Å². The molecule has 0 spiro atoms. The van der Waals surface area contributed by atoms with Crippen LogP contribution in [0.2, 0.25) is 4.34 Å². The summed E-state index contributed by atoms with van der Waals surface area (Å²) in [7, 11) is -2.59. The van der Waals surface area contributed by atoms with Gasteiger partial charge in [0, 0.05) is 31.4 Å². The minimum absolute atomic E-state index is 0.128. The number of urea groups is 1. The summed E-state index contributed by atoms with van der Waals surface area (Å²) < 4.78 is 47.5. The number of halogens is 2. The average Bonchev–Trinajstić information content (AvgIpc) is 3.30. The number of esters is 1. The van der Waals surface area contributed by atoms with Crippen LogP contribution in [0.5, 0.6) is 0 Å². The van der Waals surface area contributed by atoms with Gasteiger partial charge < -0.3 is 15.4 Å². The SMILES string of the molecule is CNc1cc2ccn(-c3ccc(NC(=O)NS(=O)(=O)c4ccc(Cl)s4)cc3COC(C)=O)c(=O)c2cc1F. The van der Waals surface area contributed by atoms with Crippen LogP contribution in [0.1, 0.15) is 12.5 Å². The fourth-order valence-electron chi connectivity index (χ4n) is 3.61. The smallest absolute Gasteiger partial charge is 0.333 e. The maximum absolute atomic E-state index is 14.4. The molecule has 4 aromatic rings. The number of amides is 2. The highest BCUT2D eigenvalue weighted by molar-refractivity contribution is 7.92. The van der Waals surface area contributed by atoms with Gasteiger partial charge in [-0.15, -0.1) is 11.3 Å². The van der Waals surface area contributed by atoms with Crippen molar-refractivity contribution in [3.05, 3.63) is 80.8 Å². The lowest BCUT2D eigenvalue weighted by Crippen LogP contribution is -2.34. The summed E-state index contributed by atoms with van der Waals surface area (Å²) >= 11 is 6.56. The number of rotatable bonds is 7. The fourth-order valence-corrected chi connectivity index (χ4v) is 6.00. The van der Waals surface area contributed by atoms with E-state index in [-0.39, 0.29) is 31.9 Å². The Balaban J connectivity index is 1.68. The van der Waals surface area contributed by atoms with Crippen molar-refractivity contribution in [2.45, 2.75) is 17.7 Å². The van der Waals surface area contributed by atoms with E-state index in [0.717, 1.165) is 17.4 Å². The summed E-state index contributed by atoms with van der Waals surface area (Å²) in [5.74, 6) is -1.18. The quantitative estimate of drug-likeness (QED) is 0.275. The number of sulfonamides is 1. The number of nitrogens with one attached hydrogen (secondary N) is 3. The van der Waals surface area contributed by atoms with E-state index >= 15 is 0 Å². The lowest BCUT2D eigenvalue weighted by atomic mass is 10.1. The van der Waals surface area contributed by atoms with Crippen LogP contribution in [-0.2, 0) is 26.2 Å². The largest absolute Gasteiger partial charge is 0.461 e. The minimum atomic E-state index is -4.15. The van der Waals surface area contributed by atoms with Gasteiger partial charge in [-0.2, -0.15) is 0 Å². The van der Waals surface area contributed by atoms with Gasteiger partial charge in [0.15, 0.2) is 0 Å². The third-order valence-electron chi connectivity index (χ3n) is 5.33. The number of carbonyl (C=O) groups is 2. The van der Waals surface area contributed by atoms with Gasteiger partial charge in [0.05, 0.1) is 21.1 Å². The second-order valence-electron chi connectivity index (χ2n) is 7.90. The van der Waals surface area contributed by atoms with Crippen molar-refractivity contribution in [3.8, 4) is 5.69 Å². The van der Waals surface area contributed by atoms with Crippen molar-refractivity contribution >= 4 is 67.1 Å². The number of nitrogens with zero attached hydrogens (tertiary/aromatic N) is 1. The molecule has 2 aromatic heterocycles. The molecule has 0 aliphatic carbocycles. The van der Waals surface area contributed by atoms with Crippen LogP contribution in [0.15, 0.2) is 63.7 Å². The van der Waals surface area contributed by atoms with Gasteiger partial charge in [0.25, 0.3) is 15.6 Å². The molecule has 0 bridgehead atoms. The van der Waals surface area contributed by atoms with Gasteiger partial charge in [-0.1, -0.05) is 11.6 Å². The molecular weight excluding hydrogens is 559 g/mol. The first-order valence-electron chi connectivity index (χ1n) is 10.9. The lowest BCUT2D eigenvalue weighted by Gasteiger charge is -2.15. The van der Waals surface area contributed by atoms with Gasteiger partial charge in [0.2, 0.25) is 0 Å². The van der Waals surface area contributed by atoms with E-state index in [0.29, 0.717) is 16.6 Å². The summed E-state index contributed by atoms with van der Waals surface area (Å²) in [6, 6.07) is 10.2. The molecule has 4 rings (SSSR count). The zero-order valence-electron chi connectivity index (χ0n) is 19.9. The van der Waals surface area contributed by atoms with E-state index in [9.17, 15) is 27.2 Å². The van der Waals surface area contributed by atoms with Gasteiger partial charge >= 0.3 is 12.0 Å². The molecule has 0 atom stereocenters. The van der Waals surface area contributed by atoms with Crippen LogP contribution in [-0.4, -0.2) is 32.0 Å². The van der Waals surface area contributed by atoms with Crippen molar-refractivity contribution in [2.75, 3.05) is 17.7 Å². The van der Waals surface area contributed by atoms with E-state index in [4.69, 9.17) is 16.3 Å². The number of pyridine rings is 1. The molecule has 3 N–H and O–H groups in total. The van der Waals surface area contributed by atoms with Gasteiger partial charge in [-0.05, 0) is 53.9 Å². The Bertz CT molecular complexity index is 1740. The molecule has 2 amide bonds. The fraction of sp³-hybridized carbons (Fsp3) is 0.125. The number of hydrogen-bond acceptors (Lipinski definition) is 8. The molecule has 38 heavy (non-hydrogen) atoms. The Labute approximate surface area is 225 Å². The van der Waals surface area contributed by atoms with Crippen LogP contribution in [0.25, 0.3) is 16.5 Å². The first kappa shape index (κ1) is 27.1. The standard InChI is InChI=1S/C24H20ClFN4O6S2/c1-13(31)36-12-15-9-16(28-24(33)29-38(34,35)22-6-5-21(25)37-22)3-4-20(15)30-8-7-14-10-19(27-2)18(26)11-17(14)23(30)32/h3-11,27H,12H2,1-2H3,(H2,28,29,33). The highest BCUT2D eigenvalue weighted by Gasteiger charge is 2.20. The number of ether oxygens (including phenoxy) is 1. The molecule has 14 heteroatoms. The summed E-state index contributed by atoms with van der Waals surface area (Å²) in [6.07, 6.45) is 1.49. The molecule has 0 unspecified atom stereocenters. The second kappa shape index (κ2) is 10.8. The van der Waals surface area contributed by atoms with E-state index in [1.54, 1.807) is 13.1 Å². The Morgan fingerprint density at radius 3 is 2.55 bits per heavy atom. The molecule has 0 aliphatic rings. The maximum Gasteiger partial charge on any atom is 0.333 e. The predicted octanol–water partition coefficient (Wildman–Crippen LogP) is 4.46. The number of thiophene rings is 1. The Morgan fingerprint density at radius 2 is 1.89 bits per heavy atom. The normalized spacial score (nSPS) is 11.3. The Morgan fingerprint density at radius 1 is 1.13 bits per heavy atom. The van der Waals surface area contributed by atoms with Crippen LogP contribution < -0.4 is 20.9 Å². The number of aromatic nitrogens is 1. The van der Waals surface area contributed by atoms with Crippen LogP contribution in [0.3, 0.4) is 0 Å². The lowest BCUT2D eigenvalue weighted by molar-refractivity contribution is -0.142. The third-order valence-corrected chi connectivity index (χ3v) is 8.38. The maximum atomic E-state index is 14.4. The number of fused-ring (bicyclic) bond motifs is 1. The highest BCUT2D eigenvalue weighted by Crippen LogP contribution is 2.26. The number of benzene rings is 2.